The Labute approximate surface area is 145 Å². The summed E-state index contributed by atoms with van der Waals surface area (Å²) in [4.78, 5) is 14.4. The molecule has 0 unspecified atom stereocenters. The number of carbonyl (C=O) groups is 1. The first-order chi connectivity index (χ1) is 11.6. The van der Waals surface area contributed by atoms with Crippen LogP contribution in [0.2, 0.25) is 0 Å². The first-order valence-electron chi connectivity index (χ1n) is 8.37. The van der Waals surface area contributed by atoms with Crippen LogP contribution in [0.25, 0.3) is 0 Å². The number of benzene rings is 1. The first kappa shape index (κ1) is 20.1. The van der Waals surface area contributed by atoms with Gasteiger partial charge in [0, 0.05) is 18.2 Å². The van der Waals surface area contributed by atoms with Crippen molar-refractivity contribution in [3.8, 4) is 17.2 Å². The Kier molecular flexibility index (Phi) is 9.01. The Morgan fingerprint density at radius 3 is 2.00 bits per heavy atom. The fourth-order valence-corrected chi connectivity index (χ4v) is 2.59. The number of hydrogen-bond donors (Lipinski definition) is 1. The average Bonchev–Trinajstić information content (AvgIpc) is 2.59. The first-order valence-corrected chi connectivity index (χ1v) is 8.37. The number of nitrogens with zero attached hydrogens (tertiary/aromatic N) is 1. The van der Waals surface area contributed by atoms with Crippen LogP contribution in [0.4, 0.5) is 0 Å². The molecule has 0 aliphatic heterocycles. The normalized spacial score (nSPS) is 10.6. The molecule has 6 nitrogen and oxygen atoms in total. The topological polar surface area (TPSA) is 60.0 Å². The molecule has 0 bridgehead atoms. The highest BCUT2D eigenvalue weighted by molar-refractivity contribution is 5.78. The van der Waals surface area contributed by atoms with Crippen LogP contribution in [-0.4, -0.2) is 51.8 Å². The zero-order chi connectivity index (χ0) is 17.9. The van der Waals surface area contributed by atoms with Crippen LogP contribution in [0.15, 0.2) is 12.1 Å². The Hall–Kier alpha value is -1.95. The average molecular weight is 338 g/mol. The van der Waals surface area contributed by atoms with Gasteiger partial charge < -0.3 is 19.5 Å². The molecule has 24 heavy (non-hydrogen) atoms. The van der Waals surface area contributed by atoms with Gasteiger partial charge in [0.05, 0.1) is 27.9 Å². The maximum atomic E-state index is 12.2. The Morgan fingerprint density at radius 2 is 1.50 bits per heavy atom. The van der Waals surface area contributed by atoms with Gasteiger partial charge in [-0.05, 0) is 32.0 Å². The molecule has 1 rings (SSSR count). The van der Waals surface area contributed by atoms with Crippen LogP contribution in [0, 0.1) is 0 Å². The van der Waals surface area contributed by atoms with Crippen molar-refractivity contribution in [1.29, 1.82) is 0 Å². The minimum Gasteiger partial charge on any atom is -0.496 e. The summed E-state index contributed by atoms with van der Waals surface area (Å²) in [7, 11) is 4.76. The van der Waals surface area contributed by atoms with Crippen LogP contribution in [0.3, 0.4) is 0 Å². The molecule has 0 spiro atoms. The van der Waals surface area contributed by atoms with Gasteiger partial charge in [-0.3, -0.25) is 9.69 Å². The van der Waals surface area contributed by atoms with Gasteiger partial charge in [0.25, 0.3) is 0 Å². The van der Waals surface area contributed by atoms with Crippen molar-refractivity contribution in [3.63, 3.8) is 0 Å². The van der Waals surface area contributed by atoms with Crippen molar-refractivity contribution >= 4 is 5.91 Å². The number of rotatable bonds is 11. The van der Waals surface area contributed by atoms with Crippen LogP contribution in [0.1, 0.15) is 32.3 Å². The number of hydrogen-bond acceptors (Lipinski definition) is 5. The SMILES string of the molecule is CCCN(CCC)CC(=O)NCc1cc(OC)c(OC)cc1OC. The molecule has 1 aromatic carbocycles. The number of ether oxygens (including phenoxy) is 3. The molecule has 1 N–H and O–H groups in total. The van der Waals surface area contributed by atoms with Gasteiger partial charge in [-0.15, -0.1) is 0 Å². The standard InChI is InChI=1S/C18H30N2O4/c1-6-8-20(9-7-2)13-18(21)19-12-14-10-16(23-4)17(24-5)11-15(14)22-3/h10-11H,6-9,12-13H2,1-5H3,(H,19,21). The minimum absolute atomic E-state index is 0.00809. The van der Waals surface area contributed by atoms with Crippen molar-refractivity contribution in [2.24, 2.45) is 0 Å². The third-order valence-corrected chi connectivity index (χ3v) is 3.71. The van der Waals surface area contributed by atoms with Gasteiger partial charge in [-0.2, -0.15) is 0 Å². The lowest BCUT2D eigenvalue weighted by Gasteiger charge is -2.20. The molecule has 0 aliphatic carbocycles. The summed E-state index contributed by atoms with van der Waals surface area (Å²) >= 11 is 0. The maximum Gasteiger partial charge on any atom is 0.234 e. The number of nitrogens with one attached hydrogen (secondary N) is 1. The van der Waals surface area contributed by atoms with Gasteiger partial charge >= 0.3 is 0 Å². The monoisotopic (exact) mass is 338 g/mol. The Morgan fingerprint density at radius 1 is 0.958 bits per heavy atom. The molecule has 0 fully saturated rings. The van der Waals surface area contributed by atoms with E-state index in [0.29, 0.717) is 30.3 Å². The zero-order valence-corrected chi connectivity index (χ0v) is 15.5. The largest absolute Gasteiger partial charge is 0.496 e. The summed E-state index contributed by atoms with van der Waals surface area (Å²) in [6.45, 7) is 6.90. The molecule has 136 valence electrons. The molecular weight excluding hydrogens is 308 g/mol. The molecule has 1 aromatic rings. The van der Waals surface area contributed by atoms with E-state index in [9.17, 15) is 4.79 Å². The third-order valence-electron chi connectivity index (χ3n) is 3.71. The second kappa shape index (κ2) is 10.8. The van der Waals surface area contributed by atoms with Crippen molar-refractivity contribution in [1.82, 2.24) is 10.2 Å². The lowest BCUT2D eigenvalue weighted by atomic mass is 10.1. The predicted octanol–water partition coefficient (Wildman–Crippen LogP) is 2.45. The molecule has 1 amide bonds. The summed E-state index contributed by atoms with van der Waals surface area (Å²) in [6.07, 6.45) is 2.08. The summed E-state index contributed by atoms with van der Waals surface area (Å²) in [5.74, 6) is 1.88. The van der Waals surface area contributed by atoms with Crippen molar-refractivity contribution in [2.45, 2.75) is 33.2 Å². The number of carbonyl (C=O) groups excluding carboxylic acids is 1. The zero-order valence-electron chi connectivity index (χ0n) is 15.5. The Balaban J connectivity index is 2.73. The summed E-state index contributed by atoms with van der Waals surface area (Å²) in [6, 6.07) is 3.59. The number of amides is 1. The molecule has 6 heteroatoms. The fraction of sp³-hybridized carbons (Fsp3) is 0.611. The molecule has 0 heterocycles. The molecule has 0 radical (unpaired) electrons. The Bertz CT molecular complexity index is 514. The van der Waals surface area contributed by atoms with Crippen LogP contribution in [0.5, 0.6) is 17.2 Å². The second-order valence-corrected chi connectivity index (χ2v) is 5.57. The van der Waals surface area contributed by atoms with Crippen molar-refractivity contribution in [3.05, 3.63) is 17.7 Å². The van der Waals surface area contributed by atoms with E-state index in [-0.39, 0.29) is 5.91 Å². The van der Waals surface area contributed by atoms with Gasteiger partial charge in [-0.1, -0.05) is 13.8 Å². The highest BCUT2D eigenvalue weighted by Crippen LogP contribution is 2.34. The maximum absolute atomic E-state index is 12.2. The highest BCUT2D eigenvalue weighted by atomic mass is 16.5. The summed E-state index contributed by atoms with van der Waals surface area (Å²) in [5, 5.41) is 2.95. The lowest BCUT2D eigenvalue weighted by Crippen LogP contribution is -2.37. The van der Waals surface area contributed by atoms with Gasteiger partial charge in [0.2, 0.25) is 5.91 Å². The lowest BCUT2D eigenvalue weighted by molar-refractivity contribution is -0.122. The van der Waals surface area contributed by atoms with E-state index in [1.54, 1.807) is 27.4 Å². The summed E-state index contributed by atoms with van der Waals surface area (Å²) in [5.41, 5.74) is 0.848. The van der Waals surface area contributed by atoms with E-state index < -0.39 is 0 Å². The highest BCUT2D eigenvalue weighted by Gasteiger charge is 2.14. The van der Waals surface area contributed by atoms with Gasteiger partial charge in [0.1, 0.15) is 5.75 Å². The smallest absolute Gasteiger partial charge is 0.234 e. The van der Waals surface area contributed by atoms with Crippen LogP contribution in [-0.2, 0) is 11.3 Å². The molecule has 0 aromatic heterocycles. The molecular formula is C18H30N2O4. The van der Waals surface area contributed by atoms with Gasteiger partial charge in [0.15, 0.2) is 11.5 Å². The van der Waals surface area contributed by atoms with E-state index in [2.05, 4.69) is 24.1 Å². The van der Waals surface area contributed by atoms with E-state index in [1.807, 2.05) is 6.07 Å². The third kappa shape index (κ3) is 5.92. The van der Waals surface area contributed by atoms with Crippen LogP contribution >= 0.6 is 0 Å². The van der Waals surface area contributed by atoms with E-state index in [4.69, 9.17) is 14.2 Å². The minimum atomic E-state index is 0.00809. The second-order valence-electron chi connectivity index (χ2n) is 5.57. The number of methoxy groups -OCH3 is 3. The molecule has 0 atom stereocenters. The van der Waals surface area contributed by atoms with Crippen LogP contribution < -0.4 is 19.5 Å². The van der Waals surface area contributed by atoms with E-state index in [0.717, 1.165) is 31.5 Å². The summed E-state index contributed by atoms with van der Waals surface area (Å²) < 4.78 is 16.0. The quantitative estimate of drug-likeness (QED) is 0.671. The molecule has 0 saturated heterocycles. The van der Waals surface area contributed by atoms with Crippen molar-refractivity contribution in [2.75, 3.05) is 41.0 Å². The molecule has 0 saturated carbocycles. The van der Waals surface area contributed by atoms with Crippen molar-refractivity contribution < 1.29 is 19.0 Å². The van der Waals surface area contributed by atoms with Gasteiger partial charge in [-0.25, -0.2) is 0 Å². The van der Waals surface area contributed by atoms with E-state index in [1.165, 1.54) is 0 Å². The fourth-order valence-electron chi connectivity index (χ4n) is 2.59. The predicted molar refractivity (Wildman–Crippen MR) is 95.0 cm³/mol. The van der Waals surface area contributed by atoms with E-state index >= 15 is 0 Å². The molecule has 0 aliphatic rings.